The van der Waals surface area contributed by atoms with Crippen molar-refractivity contribution < 1.29 is 13.9 Å². The Balaban J connectivity index is 2.10. The van der Waals surface area contributed by atoms with Gasteiger partial charge in [-0.2, -0.15) is 0 Å². The highest BCUT2D eigenvalue weighted by molar-refractivity contribution is 5.84. The first-order valence-electron chi connectivity index (χ1n) is 7.30. The van der Waals surface area contributed by atoms with Gasteiger partial charge in [0.1, 0.15) is 6.04 Å². The zero-order valence-corrected chi connectivity index (χ0v) is 12.8. The van der Waals surface area contributed by atoms with Crippen LogP contribution >= 0.6 is 0 Å². The van der Waals surface area contributed by atoms with Crippen molar-refractivity contribution in [3.8, 4) is 0 Å². The fraction of sp³-hybridized carbons (Fsp3) is 0.769. The molecule has 21 heavy (non-hydrogen) atoms. The molecular weight excluding hydrogens is 274 g/mol. The van der Waals surface area contributed by atoms with E-state index in [4.69, 9.17) is 9.15 Å². The van der Waals surface area contributed by atoms with Gasteiger partial charge in [-0.3, -0.25) is 4.79 Å². The fourth-order valence-electron chi connectivity index (χ4n) is 2.06. The molecule has 1 aliphatic rings. The number of ether oxygens (including phenoxy) is 1. The van der Waals surface area contributed by atoms with Gasteiger partial charge in [-0.1, -0.05) is 12.0 Å². The number of amides is 1. The van der Waals surface area contributed by atoms with Gasteiger partial charge in [0.2, 0.25) is 11.8 Å². The van der Waals surface area contributed by atoms with E-state index in [2.05, 4.69) is 20.8 Å². The highest BCUT2D eigenvalue weighted by Gasteiger charge is 2.32. The van der Waals surface area contributed by atoms with Crippen molar-refractivity contribution >= 4 is 11.9 Å². The molecule has 8 heteroatoms. The summed E-state index contributed by atoms with van der Waals surface area (Å²) in [5.41, 5.74) is 0. The van der Waals surface area contributed by atoms with E-state index < -0.39 is 6.04 Å². The van der Waals surface area contributed by atoms with Crippen molar-refractivity contribution in [2.24, 2.45) is 0 Å². The van der Waals surface area contributed by atoms with E-state index in [0.717, 1.165) is 6.42 Å². The number of aromatic nitrogens is 2. The molecular formula is C13H23N5O3. The first kappa shape index (κ1) is 15.7. The fourth-order valence-corrected chi connectivity index (χ4v) is 2.06. The predicted molar refractivity (Wildman–Crippen MR) is 77.0 cm³/mol. The van der Waals surface area contributed by atoms with Gasteiger partial charge in [-0.25, -0.2) is 0 Å². The van der Waals surface area contributed by atoms with Crippen molar-refractivity contribution in [1.29, 1.82) is 0 Å². The van der Waals surface area contributed by atoms with Crippen molar-refractivity contribution in [3.05, 3.63) is 5.89 Å². The van der Waals surface area contributed by atoms with Crippen LogP contribution in [-0.2, 0) is 9.53 Å². The molecule has 2 atom stereocenters. The summed E-state index contributed by atoms with van der Waals surface area (Å²) < 4.78 is 11.1. The number of nitrogens with zero attached hydrogens (tertiary/aromatic N) is 3. The van der Waals surface area contributed by atoms with E-state index in [9.17, 15) is 4.79 Å². The summed E-state index contributed by atoms with van der Waals surface area (Å²) in [6.45, 7) is 6.02. The number of rotatable bonds is 6. The van der Waals surface area contributed by atoms with E-state index in [1.807, 2.05) is 25.8 Å². The summed E-state index contributed by atoms with van der Waals surface area (Å²) in [6.07, 6.45) is 0.893. The van der Waals surface area contributed by atoms with E-state index >= 15 is 0 Å². The van der Waals surface area contributed by atoms with Crippen LogP contribution in [0.5, 0.6) is 0 Å². The first-order chi connectivity index (χ1) is 10.2. The SMILES string of the molecule is CCCNC(=O)C1COCCN1c1nnc(C(C)NC)o1. The van der Waals surface area contributed by atoms with E-state index in [1.165, 1.54) is 0 Å². The lowest BCUT2D eigenvalue weighted by molar-refractivity contribution is -0.124. The highest BCUT2D eigenvalue weighted by Crippen LogP contribution is 2.21. The van der Waals surface area contributed by atoms with Crippen LogP contribution in [0.4, 0.5) is 6.01 Å². The van der Waals surface area contributed by atoms with Gasteiger partial charge in [-0.05, 0) is 20.4 Å². The first-order valence-corrected chi connectivity index (χ1v) is 7.30. The summed E-state index contributed by atoms with van der Waals surface area (Å²) >= 11 is 0. The van der Waals surface area contributed by atoms with Crippen LogP contribution in [0, 0.1) is 0 Å². The Morgan fingerprint density at radius 1 is 1.52 bits per heavy atom. The molecule has 0 saturated carbocycles. The van der Waals surface area contributed by atoms with Crippen LogP contribution in [0.25, 0.3) is 0 Å². The van der Waals surface area contributed by atoms with Crippen molar-refractivity contribution in [2.75, 3.05) is 38.3 Å². The molecule has 2 unspecified atom stereocenters. The molecule has 0 aliphatic carbocycles. The predicted octanol–water partition coefficient (Wildman–Crippen LogP) is 0.0814. The van der Waals surface area contributed by atoms with Gasteiger partial charge in [0.25, 0.3) is 0 Å². The molecule has 2 heterocycles. The van der Waals surface area contributed by atoms with Crippen LogP contribution in [-0.4, -0.2) is 55.5 Å². The van der Waals surface area contributed by atoms with Crippen LogP contribution in [0.15, 0.2) is 4.42 Å². The molecule has 2 N–H and O–H groups in total. The number of carbonyl (C=O) groups is 1. The maximum atomic E-state index is 12.2. The topological polar surface area (TPSA) is 92.5 Å². The van der Waals surface area contributed by atoms with Gasteiger partial charge in [0, 0.05) is 13.1 Å². The van der Waals surface area contributed by atoms with E-state index in [0.29, 0.717) is 38.2 Å². The second-order valence-electron chi connectivity index (χ2n) is 5.01. The van der Waals surface area contributed by atoms with Gasteiger partial charge in [0.15, 0.2) is 0 Å². The molecule has 1 saturated heterocycles. The lowest BCUT2D eigenvalue weighted by Crippen LogP contribution is -2.54. The van der Waals surface area contributed by atoms with Crippen LogP contribution < -0.4 is 15.5 Å². The molecule has 8 nitrogen and oxygen atoms in total. The van der Waals surface area contributed by atoms with Gasteiger partial charge < -0.3 is 24.7 Å². The quantitative estimate of drug-likeness (QED) is 0.768. The summed E-state index contributed by atoms with van der Waals surface area (Å²) in [7, 11) is 1.82. The third kappa shape index (κ3) is 3.70. The standard InChI is InChI=1S/C13H23N5O3/c1-4-5-15-11(19)10-8-20-7-6-18(10)13-17-16-12(21-13)9(2)14-3/h9-10,14H,4-8H2,1-3H3,(H,15,19). The molecule has 0 bridgehead atoms. The molecule has 1 aliphatic heterocycles. The zero-order valence-electron chi connectivity index (χ0n) is 12.8. The van der Waals surface area contributed by atoms with Crippen LogP contribution in [0.2, 0.25) is 0 Å². The summed E-state index contributed by atoms with van der Waals surface area (Å²) in [5, 5.41) is 14.0. The molecule has 118 valence electrons. The number of hydrogen-bond donors (Lipinski definition) is 2. The summed E-state index contributed by atoms with van der Waals surface area (Å²) in [6, 6.07) is -0.0878. The highest BCUT2D eigenvalue weighted by atomic mass is 16.5. The minimum Gasteiger partial charge on any atom is -0.406 e. The Hall–Kier alpha value is -1.67. The Bertz CT molecular complexity index is 464. The monoisotopic (exact) mass is 297 g/mol. The van der Waals surface area contributed by atoms with Crippen LogP contribution in [0.1, 0.15) is 32.2 Å². The van der Waals surface area contributed by atoms with Crippen molar-refractivity contribution in [1.82, 2.24) is 20.8 Å². The number of carbonyl (C=O) groups excluding carboxylic acids is 1. The second-order valence-corrected chi connectivity index (χ2v) is 5.01. The normalized spacial score (nSPS) is 20.3. The number of nitrogens with one attached hydrogen (secondary N) is 2. The number of anilines is 1. The smallest absolute Gasteiger partial charge is 0.319 e. The third-order valence-electron chi connectivity index (χ3n) is 3.46. The third-order valence-corrected chi connectivity index (χ3v) is 3.46. The van der Waals surface area contributed by atoms with Gasteiger partial charge in [-0.15, -0.1) is 5.10 Å². The Morgan fingerprint density at radius 2 is 2.33 bits per heavy atom. The average molecular weight is 297 g/mol. The van der Waals surface area contributed by atoms with Crippen LogP contribution in [0.3, 0.4) is 0 Å². The second kappa shape index (κ2) is 7.37. The van der Waals surface area contributed by atoms with Gasteiger partial charge in [0.05, 0.1) is 19.3 Å². The maximum Gasteiger partial charge on any atom is 0.319 e. The van der Waals surface area contributed by atoms with Gasteiger partial charge >= 0.3 is 6.01 Å². The molecule has 1 fully saturated rings. The zero-order chi connectivity index (χ0) is 15.2. The molecule has 0 aromatic carbocycles. The van der Waals surface area contributed by atoms with E-state index in [1.54, 1.807) is 0 Å². The molecule has 0 spiro atoms. The summed E-state index contributed by atoms with van der Waals surface area (Å²) in [5.74, 6) is 0.435. The van der Waals surface area contributed by atoms with E-state index in [-0.39, 0.29) is 11.9 Å². The molecule has 0 radical (unpaired) electrons. The lowest BCUT2D eigenvalue weighted by Gasteiger charge is -2.32. The molecule has 1 amide bonds. The Kier molecular flexibility index (Phi) is 5.51. The molecule has 1 aromatic heterocycles. The summed E-state index contributed by atoms with van der Waals surface area (Å²) in [4.78, 5) is 14.0. The Labute approximate surface area is 124 Å². The minimum absolute atomic E-state index is 0.0281. The molecule has 2 rings (SSSR count). The Morgan fingerprint density at radius 3 is 3.05 bits per heavy atom. The minimum atomic E-state index is -0.427. The number of hydrogen-bond acceptors (Lipinski definition) is 7. The molecule has 1 aromatic rings. The lowest BCUT2D eigenvalue weighted by atomic mass is 10.2. The largest absolute Gasteiger partial charge is 0.406 e. The number of morpholine rings is 1. The van der Waals surface area contributed by atoms with Crippen molar-refractivity contribution in [3.63, 3.8) is 0 Å². The average Bonchev–Trinajstić information content (AvgIpc) is 3.01. The van der Waals surface area contributed by atoms with Crippen molar-refractivity contribution in [2.45, 2.75) is 32.4 Å². The maximum absolute atomic E-state index is 12.2.